The predicted molar refractivity (Wildman–Crippen MR) is 51.1 cm³/mol. The fourth-order valence-corrected chi connectivity index (χ4v) is 1.06. The van der Waals surface area contributed by atoms with Crippen molar-refractivity contribution in [3.63, 3.8) is 0 Å². The van der Waals surface area contributed by atoms with Crippen LogP contribution >= 0.6 is 12.4 Å². The minimum Gasteiger partial charge on any atom is -0.378 e. The van der Waals surface area contributed by atoms with Crippen molar-refractivity contribution < 1.29 is 4.74 Å². The highest BCUT2D eigenvalue weighted by Gasteiger charge is 2.14. The molecule has 0 unspecified atom stereocenters. The minimum atomic E-state index is 0. The molecule has 1 saturated heterocycles. The van der Waals surface area contributed by atoms with Gasteiger partial charge >= 0.3 is 0 Å². The number of nitrogens with one attached hydrogen (secondary N) is 1. The van der Waals surface area contributed by atoms with E-state index in [-0.39, 0.29) is 12.4 Å². The van der Waals surface area contributed by atoms with Crippen LogP contribution in [0.25, 0.3) is 0 Å². The topological polar surface area (TPSA) is 39.6 Å². The van der Waals surface area contributed by atoms with Crippen LogP contribution in [0.2, 0.25) is 0 Å². The molecule has 1 N–H and O–H groups in total. The molecule has 0 spiro atoms. The van der Waals surface area contributed by atoms with E-state index in [1.54, 1.807) is 0 Å². The van der Waals surface area contributed by atoms with Gasteiger partial charge in [-0.3, -0.25) is 5.41 Å². The van der Waals surface area contributed by atoms with E-state index in [2.05, 4.69) is 0 Å². The van der Waals surface area contributed by atoms with Crippen LogP contribution in [0.5, 0.6) is 0 Å². The van der Waals surface area contributed by atoms with Gasteiger partial charge in [-0.15, -0.1) is 12.4 Å². The maximum absolute atomic E-state index is 7.63. The third kappa shape index (κ3) is 2.87. The molecule has 1 rings (SSSR count). The van der Waals surface area contributed by atoms with Crippen LogP contribution in [0.3, 0.4) is 0 Å². The van der Waals surface area contributed by atoms with Gasteiger partial charge in [0.05, 0.1) is 13.2 Å². The lowest BCUT2D eigenvalue weighted by Gasteiger charge is -2.31. The van der Waals surface area contributed by atoms with E-state index < -0.39 is 0 Å². The Labute approximate surface area is 79.4 Å². The van der Waals surface area contributed by atoms with Gasteiger partial charge < -0.3 is 14.5 Å². The van der Waals surface area contributed by atoms with Crippen molar-refractivity contribution in [1.82, 2.24) is 9.80 Å². The summed E-state index contributed by atoms with van der Waals surface area (Å²) in [5.74, 6) is 0.577. The Hall–Kier alpha value is -0.480. The zero-order valence-electron chi connectivity index (χ0n) is 7.54. The van der Waals surface area contributed by atoms with Gasteiger partial charge in [0.1, 0.15) is 0 Å². The minimum absolute atomic E-state index is 0. The van der Waals surface area contributed by atoms with E-state index in [1.165, 1.54) is 0 Å². The van der Waals surface area contributed by atoms with Crippen LogP contribution in [-0.4, -0.2) is 56.2 Å². The van der Waals surface area contributed by atoms with E-state index in [0.29, 0.717) is 5.96 Å². The summed E-state index contributed by atoms with van der Waals surface area (Å²) in [6, 6.07) is 0. The van der Waals surface area contributed by atoms with Crippen LogP contribution in [0.15, 0.2) is 0 Å². The second-order valence-corrected chi connectivity index (χ2v) is 2.82. The van der Waals surface area contributed by atoms with Crippen LogP contribution in [-0.2, 0) is 4.74 Å². The molecule has 0 aliphatic carbocycles. The summed E-state index contributed by atoms with van der Waals surface area (Å²) in [6.45, 7) is 3.18. The summed E-state index contributed by atoms with van der Waals surface area (Å²) in [7, 11) is 3.77. The molecule has 0 aromatic carbocycles. The van der Waals surface area contributed by atoms with Gasteiger partial charge in [0.15, 0.2) is 5.96 Å². The standard InChI is InChI=1S/C7H15N3O.ClH/c1-9(2)7(8)10-3-5-11-6-4-10;/h8H,3-6H2,1-2H3;1H. The maximum Gasteiger partial charge on any atom is 0.193 e. The number of hydrogen-bond donors (Lipinski definition) is 1. The van der Waals surface area contributed by atoms with E-state index in [1.807, 2.05) is 23.9 Å². The quantitative estimate of drug-likeness (QED) is 0.443. The van der Waals surface area contributed by atoms with E-state index in [9.17, 15) is 0 Å². The summed E-state index contributed by atoms with van der Waals surface area (Å²) in [6.07, 6.45) is 0. The molecule has 1 aliphatic rings. The monoisotopic (exact) mass is 193 g/mol. The van der Waals surface area contributed by atoms with Crippen molar-refractivity contribution in [3.05, 3.63) is 0 Å². The SMILES string of the molecule is CN(C)C(=N)N1CCOCC1.Cl. The van der Waals surface area contributed by atoms with Crippen molar-refractivity contribution in [2.75, 3.05) is 40.4 Å². The Kier molecular flexibility index (Phi) is 5.01. The summed E-state index contributed by atoms with van der Waals surface area (Å²) >= 11 is 0. The zero-order valence-corrected chi connectivity index (χ0v) is 8.36. The van der Waals surface area contributed by atoms with Crippen LogP contribution in [0.1, 0.15) is 0 Å². The fraction of sp³-hybridized carbons (Fsp3) is 0.857. The van der Waals surface area contributed by atoms with Crippen LogP contribution in [0.4, 0.5) is 0 Å². The Morgan fingerprint density at radius 1 is 1.33 bits per heavy atom. The molecule has 4 nitrogen and oxygen atoms in total. The molecule has 5 heteroatoms. The number of nitrogens with zero attached hydrogens (tertiary/aromatic N) is 2. The highest BCUT2D eigenvalue weighted by Crippen LogP contribution is 1.98. The molecule has 0 radical (unpaired) electrons. The summed E-state index contributed by atoms with van der Waals surface area (Å²) in [4.78, 5) is 3.83. The third-order valence-electron chi connectivity index (χ3n) is 1.73. The lowest BCUT2D eigenvalue weighted by molar-refractivity contribution is 0.0633. The summed E-state index contributed by atoms with van der Waals surface area (Å²) in [5.41, 5.74) is 0. The molecule has 0 atom stereocenters. The molecule has 0 saturated carbocycles. The van der Waals surface area contributed by atoms with E-state index in [4.69, 9.17) is 10.1 Å². The van der Waals surface area contributed by atoms with E-state index in [0.717, 1.165) is 26.3 Å². The van der Waals surface area contributed by atoms with Gasteiger partial charge in [-0.25, -0.2) is 0 Å². The zero-order chi connectivity index (χ0) is 8.27. The van der Waals surface area contributed by atoms with Crippen molar-refractivity contribution in [2.24, 2.45) is 0 Å². The van der Waals surface area contributed by atoms with Crippen molar-refractivity contribution in [1.29, 1.82) is 5.41 Å². The number of ether oxygens (including phenoxy) is 1. The van der Waals surface area contributed by atoms with Crippen LogP contribution < -0.4 is 0 Å². The fourth-order valence-electron chi connectivity index (χ4n) is 1.06. The molecular weight excluding hydrogens is 178 g/mol. The predicted octanol–water partition coefficient (Wildman–Crippen LogP) is 0.237. The van der Waals surface area contributed by atoms with Crippen molar-refractivity contribution in [3.8, 4) is 0 Å². The lowest BCUT2D eigenvalue weighted by Crippen LogP contribution is -2.46. The average molecular weight is 194 g/mol. The second kappa shape index (κ2) is 5.22. The third-order valence-corrected chi connectivity index (χ3v) is 1.73. The first kappa shape index (κ1) is 11.5. The van der Waals surface area contributed by atoms with Gasteiger partial charge in [0, 0.05) is 27.2 Å². The van der Waals surface area contributed by atoms with Gasteiger partial charge in [0.25, 0.3) is 0 Å². The summed E-state index contributed by atoms with van der Waals surface area (Å²) in [5, 5.41) is 7.63. The molecule has 0 aromatic rings. The Morgan fingerprint density at radius 2 is 1.83 bits per heavy atom. The largest absolute Gasteiger partial charge is 0.378 e. The molecule has 0 aromatic heterocycles. The second-order valence-electron chi connectivity index (χ2n) is 2.82. The Morgan fingerprint density at radius 3 is 2.25 bits per heavy atom. The number of guanidine groups is 1. The molecule has 0 bridgehead atoms. The highest BCUT2D eigenvalue weighted by atomic mass is 35.5. The first-order chi connectivity index (χ1) is 5.22. The van der Waals surface area contributed by atoms with Gasteiger partial charge in [-0.05, 0) is 0 Å². The lowest BCUT2D eigenvalue weighted by atomic mass is 10.4. The van der Waals surface area contributed by atoms with Gasteiger partial charge in [-0.2, -0.15) is 0 Å². The summed E-state index contributed by atoms with van der Waals surface area (Å²) < 4.78 is 5.17. The molecule has 0 amide bonds. The number of rotatable bonds is 0. The molecule has 1 fully saturated rings. The molecule has 1 aliphatic heterocycles. The molecule has 1 heterocycles. The maximum atomic E-state index is 7.63. The van der Waals surface area contributed by atoms with Crippen LogP contribution in [0, 0.1) is 5.41 Å². The molecule has 12 heavy (non-hydrogen) atoms. The van der Waals surface area contributed by atoms with Gasteiger partial charge in [-0.1, -0.05) is 0 Å². The van der Waals surface area contributed by atoms with Crippen molar-refractivity contribution >= 4 is 18.4 Å². The van der Waals surface area contributed by atoms with E-state index >= 15 is 0 Å². The number of halogens is 1. The van der Waals surface area contributed by atoms with Crippen molar-refractivity contribution in [2.45, 2.75) is 0 Å². The van der Waals surface area contributed by atoms with Gasteiger partial charge in [0.2, 0.25) is 0 Å². The number of morpholine rings is 1. The average Bonchev–Trinajstić information content (AvgIpc) is 2.05. The first-order valence-corrected chi connectivity index (χ1v) is 3.80. The smallest absolute Gasteiger partial charge is 0.193 e. The number of hydrogen-bond acceptors (Lipinski definition) is 2. The molecular formula is C7H16ClN3O. The Bertz CT molecular complexity index is 146. The Balaban J connectivity index is 0.00000121. The first-order valence-electron chi connectivity index (χ1n) is 3.80. The molecule has 72 valence electrons. The highest BCUT2D eigenvalue weighted by molar-refractivity contribution is 5.85. The normalized spacial score (nSPS) is 16.7.